The third-order valence-corrected chi connectivity index (χ3v) is 5.29. The maximum absolute atomic E-state index is 10.3. The fourth-order valence-corrected chi connectivity index (χ4v) is 3.82. The van der Waals surface area contributed by atoms with E-state index >= 15 is 0 Å². The number of hydrogen-bond donors (Lipinski definition) is 2. The number of benzene rings is 2. The van der Waals surface area contributed by atoms with Crippen LogP contribution in [0.5, 0.6) is 5.75 Å². The van der Waals surface area contributed by atoms with Crippen LogP contribution in [0.25, 0.3) is 0 Å². The van der Waals surface area contributed by atoms with Crippen LogP contribution in [0.1, 0.15) is 36.8 Å². The van der Waals surface area contributed by atoms with Gasteiger partial charge in [-0.15, -0.1) is 0 Å². The molecule has 1 unspecified atom stereocenters. The molecule has 2 N–H and O–H groups in total. The fraction of sp³-hybridized carbons (Fsp3) is 0.478. The highest BCUT2D eigenvalue weighted by molar-refractivity contribution is 6.30. The number of hydrogen-bond acceptors (Lipinski definition) is 4. The van der Waals surface area contributed by atoms with E-state index in [1.165, 1.54) is 25.7 Å². The normalized spacial score (nSPS) is 16.5. The summed E-state index contributed by atoms with van der Waals surface area (Å²) in [5.41, 5.74) is 2.32. The van der Waals surface area contributed by atoms with Crippen LogP contribution < -0.4 is 10.1 Å². The Labute approximate surface area is 173 Å². The molecule has 2 aromatic rings. The van der Waals surface area contributed by atoms with Crippen molar-refractivity contribution in [3.63, 3.8) is 0 Å². The second-order valence-electron chi connectivity index (χ2n) is 7.56. The van der Waals surface area contributed by atoms with Gasteiger partial charge in [-0.05, 0) is 61.3 Å². The molecule has 0 aliphatic carbocycles. The second kappa shape index (κ2) is 11.4. The van der Waals surface area contributed by atoms with Crippen LogP contribution in [0.15, 0.2) is 48.5 Å². The highest BCUT2D eigenvalue weighted by atomic mass is 35.5. The van der Waals surface area contributed by atoms with Crippen molar-refractivity contribution in [3.05, 3.63) is 64.7 Å². The summed E-state index contributed by atoms with van der Waals surface area (Å²) in [6, 6.07) is 15.9. The van der Waals surface area contributed by atoms with Gasteiger partial charge in [-0.3, -0.25) is 0 Å². The van der Waals surface area contributed by atoms with Crippen LogP contribution >= 0.6 is 11.6 Å². The first-order chi connectivity index (χ1) is 13.7. The molecule has 1 atom stereocenters. The van der Waals surface area contributed by atoms with E-state index in [9.17, 15) is 5.11 Å². The second-order valence-corrected chi connectivity index (χ2v) is 8.00. The Morgan fingerprint density at radius 3 is 2.36 bits per heavy atom. The minimum atomic E-state index is -0.456. The number of likely N-dealkylation sites (tertiary alicyclic amines) is 1. The van der Waals surface area contributed by atoms with E-state index < -0.39 is 6.10 Å². The molecule has 0 amide bonds. The lowest BCUT2D eigenvalue weighted by Gasteiger charge is -2.23. The van der Waals surface area contributed by atoms with E-state index in [2.05, 4.69) is 22.3 Å². The molecule has 4 nitrogen and oxygen atoms in total. The molecule has 1 saturated heterocycles. The molecule has 0 radical (unpaired) electrons. The van der Waals surface area contributed by atoms with Crippen molar-refractivity contribution in [3.8, 4) is 5.75 Å². The smallest absolute Gasteiger partial charge is 0.119 e. The third kappa shape index (κ3) is 7.44. The van der Waals surface area contributed by atoms with E-state index in [4.69, 9.17) is 16.3 Å². The van der Waals surface area contributed by atoms with Gasteiger partial charge < -0.3 is 20.1 Å². The molecular weight excluding hydrogens is 372 g/mol. The Kier molecular flexibility index (Phi) is 8.62. The molecule has 0 spiro atoms. The molecule has 5 heteroatoms. The average Bonchev–Trinajstić information content (AvgIpc) is 2.95. The van der Waals surface area contributed by atoms with Gasteiger partial charge in [-0.2, -0.15) is 0 Å². The molecule has 1 aliphatic rings. The van der Waals surface area contributed by atoms with Crippen molar-refractivity contribution in [1.82, 2.24) is 10.2 Å². The molecule has 0 aromatic heterocycles. The molecule has 0 saturated carbocycles. The zero-order valence-corrected chi connectivity index (χ0v) is 17.2. The Bertz CT molecular complexity index is 717. The van der Waals surface area contributed by atoms with Crippen molar-refractivity contribution in [2.45, 2.75) is 44.9 Å². The molecule has 1 fully saturated rings. The molecule has 28 heavy (non-hydrogen) atoms. The van der Waals surface area contributed by atoms with E-state index in [-0.39, 0.29) is 0 Å². The standard InChI is InChI=1S/C23H31ClN2O2/c24-21-9-5-7-19(13-21)15-25-16-20-8-6-10-23(14-20)28-18-22(27)17-26-11-3-1-2-4-12-26/h5-10,13-14,22,25,27H,1-4,11-12,15-18H2. The number of nitrogens with zero attached hydrogens (tertiary/aromatic N) is 1. The molecule has 2 aromatic carbocycles. The number of halogens is 1. The first-order valence-electron chi connectivity index (χ1n) is 10.3. The van der Waals surface area contributed by atoms with Crippen LogP contribution in [0.4, 0.5) is 0 Å². The summed E-state index contributed by atoms with van der Waals surface area (Å²) in [6.07, 6.45) is 4.63. The Morgan fingerprint density at radius 2 is 1.64 bits per heavy atom. The Hall–Kier alpha value is -1.59. The summed E-state index contributed by atoms with van der Waals surface area (Å²) >= 11 is 6.02. The summed E-state index contributed by atoms with van der Waals surface area (Å²) < 4.78 is 5.84. The van der Waals surface area contributed by atoms with Gasteiger partial charge in [0.25, 0.3) is 0 Å². The third-order valence-electron chi connectivity index (χ3n) is 5.06. The molecular formula is C23H31ClN2O2. The molecule has 3 rings (SSSR count). The van der Waals surface area contributed by atoms with Gasteiger partial charge in [-0.1, -0.05) is 48.7 Å². The lowest BCUT2D eigenvalue weighted by molar-refractivity contribution is 0.0693. The Morgan fingerprint density at radius 1 is 0.964 bits per heavy atom. The fourth-order valence-electron chi connectivity index (χ4n) is 3.61. The SMILES string of the molecule is OC(COc1cccc(CNCc2cccc(Cl)c2)c1)CN1CCCCCC1. The van der Waals surface area contributed by atoms with Gasteiger partial charge in [0.2, 0.25) is 0 Å². The number of nitrogens with one attached hydrogen (secondary N) is 1. The van der Waals surface area contributed by atoms with Gasteiger partial charge in [0.15, 0.2) is 0 Å². The van der Waals surface area contributed by atoms with E-state index in [0.717, 1.165) is 48.1 Å². The zero-order valence-electron chi connectivity index (χ0n) is 16.4. The lowest BCUT2D eigenvalue weighted by Crippen LogP contribution is -2.36. The van der Waals surface area contributed by atoms with Gasteiger partial charge in [0.05, 0.1) is 0 Å². The number of aliphatic hydroxyl groups excluding tert-OH is 1. The topological polar surface area (TPSA) is 44.7 Å². The average molecular weight is 403 g/mol. The largest absolute Gasteiger partial charge is 0.491 e. The van der Waals surface area contributed by atoms with Gasteiger partial charge in [0, 0.05) is 24.7 Å². The van der Waals surface area contributed by atoms with Crippen molar-refractivity contribution >= 4 is 11.6 Å². The van der Waals surface area contributed by atoms with Crippen LogP contribution in [0, 0.1) is 0 Å². The number of rotatable bonds is 9. The maximum Gasteiger partial charge on any atom is 0.119 e. The zero-order chi connectivity index (χ0) is 19.6. The van der Waals surface area contributed by atoms with Crippen molar-refractivity contribution < 1.29 is 9.84 Å². The summed E-state index contributed by atoms with van der Waals surface area (Å²) in [4.78, 5) is 2.36. The summed E-state index contributed by atoms with van der Waals surface area (Å²) in [7, 11) is 0. The predicted octanol–water partition coefficient (Wildman–Crippen LogP) is 4.25. The van der Waals surface area contributed by atoms with E-state index in [1.807, 2.05) is 36.4 Å². The van der Waals surface area contributed by atoms with Gasteiger partial charge in [-0.25, -0.2) is 0 Å². The summed E-state index contributed by atoms with van der Waals surface area (Å²) in [5, 5.41) is 14.5. The van der Waals surface area contributed by atoms with E-state index in [1.54, 1.807) is 0 Å². The van der Waals surface area contributed by atoms with Crippen molar-refractivity contribution in [2.24, 2.45) is 0 Å². The minimum Gasteiger partial charge on any atom is -0.491 e. The van der Waals surface area contributed by atoms with Crippen LogP contribution in [-0.2, 0) is 13.1 Å². The minimum absolute atomic E-state index is 0.329. The number of ether oxygens (including phenoxy) is 1. The first kappa shape index (κ1) is 21.1. The monoisotopic (exact) mass is 402 g/mol. The summed E-state index contributed by atoms with van der Waals surface area (Å²) in [5.74, 6) is 0.803. The van der Waals surface area contributed by atoms with Crippen molar-refractivity contribution in [2.75, 3.05) is 26.2 Å². The van der Waals surface area contributed by atoms with Crippen LogP contribution in [-0.4, -0.2) is 42.4 Å². The van der Waals surface area contributed by atoms with Crippen molar-refractivity contribution in [1.29, 1.82) is 0 Å². The number of β-amino-alcohol motifs (C(OH)–C–C–N with tert-alkyl or cyclic N) is 1. The van der Waals surface area contributed by atoms with Gasteiger partial charge in [0.1, 0.15) is 18.5 Å². The Balaban J connectivity index is 1.41. The predicted molar refractivity (Wildman–Crippen MR) is 115 cm³/mol. The first-order valence-corrected chi connectivity index (χ1v) is 10.6. The van der Waals surface area contributed by atoms with Crippen LogP contribution in [0.3, 0.4) is 0 Å². The maximum atomic E-state index is 10.3. The highest BCUT2D eigenvalue weighted by Crippen LogP contribution is 2.15. The van der Waals surface area contributed by atoms with E-state index in [0.29, 0.717) is 13.2 Å². The quantitative estimate of drug-likeness (QED) is 0.658. The highest BCUT2D eigenvalue weighted by Gasteiger charge is 2.14. The molecule has 1 aliphatic heterocycles. The van der Waals surface area contributed by atoms with Crippen LogP contribution in [0.2, 0.25) is 5.02 Å². The molecule has 152 valence electrons. The number of aliphatic hydroxyl groups is 1. The molecule has 1 heterocycles. The summed E-state index contributed by atoms with van der Waals surface area (Å²) in [6.45, 7) is 4.71. The lowest BCUT2D eigenvalue weighted by atomic mass is 10.2. The van der Waals surface area contributed by atoms with Gasteiger partial charge >= 0.3 is 0 Å². The molecule has 0 bridgehead atoms.